The number of H-pyrrole nitrogens is 2. The molecular weight excluding hydrogens is 991 g/mol. The topological polar surface area (TPSA) is 373 Å². The number of hydrogen-bond acceptors (Lipinski definition) is 17. The van der Waals surface area contributed by atoms with Gasteiger partial charge in [0, 0.05) is 49.5 Å². The Bertz CT molecular complexity index is 4320. The van der Waals surface area contributed by atoms with Gasteiger partial charge in [-0.05, 0) is 97.1 Å². The van der Waals surface area contributed by atoms with Crippen LogP contribution in [0.15, 0.2) is 122 Å². The van der Waals surface area contributed by atoms with E-state index in [1.54, 1.807) is 0 Å². The Kier molecular flexibility index (Phi) is 10.1. The molecule has 0 unspecified atom stereocenters. The number of aliphatic hydroxyl groups is 1. The van der Waals surface area contributed by atoms with Crippen LogP contribution in [0.5, 0.6) is 0 Å². The number of rotatable bonds is 9. The van der Waals surface area contributed by atoms with Gasteiger partial charge in [-0.2, -0.15) is 25.3 Å². The lowest BCUT2D eigenvalue weighted by Gasteiger charge is -2.09. The molecule has 0 radical (unpaired) electrons. The zero-order valence-electron chi connectivity index (χ0n) is 33.7. The molecule has 3 aromatic heterocycles. The third-order valence-corrected chi connectivity index (χ3v) is 16.4. The normalized spacial score (nSPS) is 13.1. The summed E-state index contributed by atoms with van der Waals surface area (Å²) in [6, 6.07) is 19.1. The molecule has 28 heteroatoms. The first-order valence-corrected chi connectivity index (χ1v) is 26.7. The second-order valence-corrected chi connectivity index (χ2v) is 23.1. The number of sulfonamides is 1. The van der Waals surface area contributed by atoms with Gasteiger partial charge in [-0.3, -0.25) is 18.4 Å². The highest BCUT2D eigenvalue weighted by Gasteiger charge is 2.28. The minimum absolute atomic E-state index is 0.00328. The van der Waals surface area contributed by atoms with Gasteiger partial charge in [-0.25, -0.2) is 46.7 Å². The highest BCUT2D eigenvalue weighted by molar-refractivity contribution is 7.92. The van der Waals surface area contributed by atoms with Crippen LogP contribution in [-0.4, -0.2) is 113 Å². The van der Waals surface area contributed by atoms with Crippen LogP contribution in [0.3, 0.4) is 0 Å². The molecule has 346 valence electrons. The molecule has 8 bridgehead atoms. The van der Waals surface area contributed by atoms with Gasteiger partial charge in [0.1, 0.15) is 22.6 Å². The van der Waals surface area contributed by atoms with Crippen molar-refractivity contribution in [1.29, 1.82) is 0 Å². The molecule has 0 amide bonds. The summed E-state index contributed by atoms with van der Waals surface area (Å²) in [5.74, 6) is -1.18. The van der Waals surface area contributed by atoms with Crippen LogP contribution in [0.2, 0.25) is 0 Å². The Morgan fingerprint density at radius 1 is 0.412 bits per heavy atom. The summed E-state index contributed by atoms with van der Waals surface area (Å²) in [6.45, 7) is -0.617. The van der Waals surface area contributed by atoms with Crippen LogP contribution in [0, 0.1) is 0 Å². The van der Waals surface area contributed by atoms with Crippen molar-refractivity contribution in [3.8, 4) is 45.6 Å². The number of aromatic nitrogens is 8. The minimum Gasteiger partial charge on any atom is -0.395 e. The van der Waals surface area contributed by atoms with Gasteiger partial charge < -0.3 is 15.1 Å². The summed E-state index contributed by atoms with van der Waals surface area (Å²) < 4.78 is 159. The van der Waals surface area contributed by atoms with E-state index in [9.17, 15) is 55.7 Å². The van der Waals surface area contributed by atoms with Gasteiger partial charge in [0.05, 0.1) is 36.8 Å². The Hall–Kier alpha value is -7.15. The highest BCUT2D eigenvalue weighted by atomic mass is 32.2. The molecule has 5 heterocycles. The SMILES string of the molecule is O=S(=O)(O)c1ccc2c(c1)-c1nc3nc(nc4[nH]c(nc5[nH]c(nc-2n1)c1cc(S(=O)(=O)O)ccc51)c1cc(S(=O)(=O)Nc2ccc(S(=O)(=O)CCO)cc2)ccc41)-c1cc(S(=O)(=O)O)ccc1-3. The van der Waals surface area contributed by atoms with Crippen LogP contribution >= 0.6 is 0 Å². The number of anilines is 1. The summed E-state index contributed by atoms with van der Waals surface area (Å²) in [6.07, 6.45) is 0. The van der Waals surface area contributed by atoms with Crippen LogP contribution in [0.25, 0.3) is 89.7 Å². The number of aliphatic hydroxyl groups excluding tert-OH is 1. The molecule has 5 aromatic carbocycles. The van der Waals surface area contributed by atoms with E-state index in [1.165, 1.54) is 60.7 Å². The van der Waals surface area contributed by atoms with Gasteiger partial charge in [0.25, 0.3) is 40.4 Å². The maximum absolute atomic E-state index is 13.9. The molecule has 0 saturated heterocycles. The van der Waals surface area contributed by atoms with Crippen molar-refractivity contribution < 1.29 is 60.9 Å². The zero-order chi connectivity index (χ0) is 48.3. The highest BCUT2D eigenvalue weighted by Crippen LogP contribution is 2.40. The van der Waals surface area contributed by atoms with E-state index in [0.717, 1.165) is 36.4 Å². The van der Waals surface area contributed by atoms with Crippen molar-refractivity contribution in [2.45, 2.75) is 24.5 Å². The van der Waals surface area contributed by atoms with Crippen molar-refractivity contribution in [2.24, 2.45) is 0 Å². The Balaban J connectivity index is 1.28. The summed E-state index contributed by atoms with van der Waals surface area (Å²) in [5.41, 5.74) is 0.257. The number of fused-ring (bicyclic) bond motifs is 20. The third kappa shape index (κ3) is 7.90. The maximum Gasteiger partial charge on any atom is 0.294 e. The maximum atomic E-state index is 13.9. The molecule has 0 aliphatic carbocycles. The molecule has 23 nitrogen and oxygen atoms in total. The number of nitrogens with one attached hydrogen (secondary N) is 3. The molecule has 0 saturated carbocycles. The van der Waals surface area contributed by atoms with E-state index in [0.29, 0.717) is 0 Å². The number of sulfone groups is 1. The predicted molar refractivity (Wildman–Crippen MR) is 242 cm³/mol. The van der Waals surface area contributed by atoms with E-state index < -0.39 is 77.3 Å². The van der Waals surface area contributed by atoms with E-state index in [1.807, 2.05) is 0 Å². The second-order valence-electron chi connectivity index (χ2n) is 15.0. The van der Waals surface area contributed by atoms with Crippen LogP contribution in [-0.2, 0) is 50.2 Å². The Morgan fingerprint density at radius 2 is 0.794 bits per heavy atom. The Morgan fingerprint density at radius 3 is 1.31 bits per heavy atom. The number of aromatic amines is 2. The van der Waals surface area contributed by atoms with E-state index >= 15 is 0 Å². The first-order chi connectivity index (χ1) is 32.0. The molecule has 0 spiro atoms. The van der Waals surface area contributed by atoms with Gasteiger partial charge in [-0.1, -0.05) is 0 Å². The van der Waals surface area contributed by atoms with E-state index in [-0.39, 0.29) is 105 Å². The average molecular weight is 1020 g/mol. The molecule has 0 fully saturated rings. The monoisotopic (exact) mass is 1020 g/mol. The smallest absolute Gasteiger partial charge is 0.294 e. The van der Waals surface area contributed by atoms with Crippen molar-refractivity contribution in [2.75, 3.05) is 17.1 Å². The van der Waals surface area contributed by atoms with Crippen molar-refractivity contribution in [1.82, 2.24) is 39.9 Å². The van der Waals surface area contributed by atoms with Gasteiger partial charge in [0.2, 0.25) is 0 Å². The molecular formula is C40H27N9O14S5. The van der Waals surface area contributed by atoms with Crippen LogP contribution in [0.1, 0.15) is 0 Å². The minimum atomic E-state index is -4.79. The van der Waals surface area contributed by atoms with E-state index in [2.05, 4.69) is 34.6 Å². The average Bonchev–Trinajstić information content (AvgIpc) is 4.00. The standard InChI is InChI=1S/C40H27N9O14S5/c50-13-14-64(51,52)20-3-1-19(2-4-20)49-65(53,54)21-5-9-25-29(15-21)37-41-33(25)43-38-31-17-23(67(58,59)60)7-11-27(31)35(45-38)47-40-32-18-24(68(61,62)63)8-12-28(32)36(48-40)46-39-30-16-22(66(55,56)57)6-10-26(30)34(42-37)44-39/h1-12,15-18,49-50H,13-14H2,(H,55,56,57)(H,58,59,60)(H,61,62,63)(H2,41,42,43,44,45,46,47,48). The fourth-order valence-electron chi connectivity index (χ4n) is 7.54. The van der Waals surface area contributed by atoms with Crippen LogP contribution < -0.4 is 4.72 Å². The summed E-state index contributed by atoms with van der Waals surface area (Å²) in [5, 5.41) is 9.80. The number of nitrogens with zero attached hydrogens (tertiary/aromatic N) is 6. The fraction of sp³-hybridized carbons (Fsp3) is 0.0500. The molecule has 68 heavy (non-hydrogen) atoms. The first-order valence-electron chi connectivity index (χ1n) is 19.3. The molecule has 8 aromatic rings. The van der Waals surface area contributed by atoms with Crippen molar-refractivity contribution >= 4 is 100 Å². The summed E-state index contributed by atoms with van der Waals surface area (Å²) in [7, 11) is -22.6. The quantitative estimate of drug-likeness (QED) is 0.0997. The zero-order valence-corrected chi connectivity index (χ0v) is 37.8. The first kappa shape index (κ1) is 44.7. The molecule has 7 N–H and O–H groups in total. The predicted octanol–water partition coefficient (Wildman–Crippen LogP) is 4.18. The van der Waals surface area contributed by atoms with Gasteiger partial charge in [-0.15, -0.1) is 0 Å². The molecule has 10 rings (SSSR count). The molecule has 2 aliphatic heterocycles. The van der Waals surface area contributed by atoms with Gasteiger partial charge in [0.15, 0.2) is 33.1 Å². The van der Waals surface area contributed by atoms with Crippen LogP contribution in [0.4, 0.5) is 5.69 Å². The molecule has 2 aliphatic rings. The summed E-state index contributed by atoms with van der Waals surface area (Å²) in [4.78, 5) is 31.9. The van der Waals surface area contributed by atoms with Crippen molar-refractivity contribution in [3.63, 3.8) is 0 Å². The fourth-order valence-corrected chi connectivity index (χ4v) is 11.2. The third-order valence-electron chi connectivity index (χ3n) is 10.7. The lowest BCUT2D eigenvalue weighted by Crippen LogP contribution is -2.13. The lowest BCUT2D eigenvalue weighted by atomic mass is 10.1. The lowest BCUT2D eigenvalue weighted by molar-refractivity contribution is 0.319. The largest absolute Gasteiger partial charge is 0.395 e. The van der Waals surface area contributed by atoms with E-state index in [4.69, 9.17) is 15.1 Å². The Labute approximate surface area is 382 Å². The second kappa shape index (κ2) is 15.4. The number of benzene rings is 5. The number of hydrogen-bond donors (Lipinski definition) is 7. The summed E-state index contributed by atoms with van der Waals surface area (Å²) >= 11 is 0. The van der Waals surface area contributed by atoms with Crippen molar-refractivity contribution in [3.05, 3.63) is 97.1 Å². The molecule has 0 atom stereocenters. The van der Waals surface area contributed by atoms with Gasteiger partial charge >= 0.3 is 0 Å².